The van der Waals surface area contributed by atoms with E-state index in [1.807, 2.05) is 19.9 Å². The zero-order valence-corrected chi connectivity index (χ0v) is 14.6. The van der Waals surface area contributed by atoms with E-state index in [-0.39, 0.29) is 18.0 Å². The van der Waals surface area contributed by atoms with E-state index in [2.05, 4.69) is 16.4 Å². The first-order chi connectivity index (χ1) is 12.5. The summed E-state index contributed by atoms with van der Waals surface area (Å²) < 4.78 is 5.32. The summed E-state index contributed by atoms with van der Waals surface area (Å²) in [5, 5.41) is 11.8. The molecule has 26 heavy (non-hydrogen) atoms. The number of nitriles is 1. The maximum absolute atomic E-state index is 12.4. The first-order valence-electron chi connectivity index (χ1n) is 8.30. The molecule has 8 nitrogen and oxygen atoms in total. The van der Waals surface area contributed by atoms with E-state index in [9.17, 15) is 9.59 Å². The van der Waals surface area contributed by atoms with Gasteiger partial charge in [-0.05, 0) is 31.5 Å². The van der Waals surface area contributed by atoms with E-state index in [1.54, 1.807) is 28.0 Å². The van der Waals surface area contributed by atoms with Crippen LogP contribution in [0.4, 0.5) is 4.79 Å². The summed E-state index contributed by atoms with van der Waals surface area (Å²) >= 11 is 0. The lowest BCUT2D eigenvalue weighted by Crippen LogP contribution is -2.40. The van der Waals surface area contributed by atoms with E-state index < -0.39 is 6.03 Å². The van der Waals surface area contributed by atoms with Crippen LogP contribution in [0.3, 0.4) is 0 Å². The first-order valence-corrected chi connectivity index (χ1v) is 8.30. The Morgan fingerprint density at radius 1 is 1.42 bits per heavy atom. The Bertz CT molecular complexity index is 837. The monoisotopic (exact) mass is 353 g/mol. The SMILES string of the molecule is CC(C)NC(=O)C1=COC2=NC(=O)N(Cc3cccc(C#N)c3)CCN12. The number of aliphatic imine (C=N–C) groups is 1. The fraction of sp³-hybridized carbons (Fsp3) is 0.333. The van der Waals surface area contributed by atoms with Gasteiger partial charge in [0, 0.05) is 25.7 Å². The van der Waals surface area contributed by atoms with Crippen molar-refractivity contribution in [3.8, 4) is 6.07 Å². The van der Waals surface area contributed by atoms with Gasteiger partial charge in [-0.2, -0.15) is 5.26 Å². The number of hydrogen-bond donors (Lipinski definition) is 1. The van der Waals surface area contributed by atoms with Gasteiger partial charge in [-0.15, -0.1) is 4.99 Å². The quantitative estimate of drug-likeness (QED) is 0.885. The number of fused-ring (bicyclic) bond motifs is 1. The van der Waals surface area contributed by atoms with Crippen LogP contribution < -0.4 is 5.32 Å². The summed E-state index contributed by atoms with van der Waals surface area (Å²) in [5.74, 6) is -0.271. The van der Waals surface area contributed by atoms with E-state index in [0.29, 0.717) is 30.9 Å². The number of hydrogen-bond acceptors (Lipinski definition) is 5. The topological polar surface area (TPSA) is 98.0 Å². The third-order valence-electron chi connectivity index (χ3n) is 3.93. The molecule has 0 aromatic heterocycles. The van der Waals surface area contributed by atoms with Gasteiger partial charge >= 0.3 is 12.1 Å². The first kappa shape index (κ1) is 17.5. The molecule has 0 radical (unpaired) electrons. The van der Waals surface area contributed by atoms with Crippen LogP contribution in [0.15, 0.2) is 41.2 Å². The van der Waals surface area contributed by atoms with Crippen molar-refractivity contribution in [1.29, 1.82) is 5.26 Å². The van der Waals surface area contributed by atoms with Crippen LogP contribution in [-0.4, -0.2) is 46.9 Å². The summed E-state index contributed by atoms with van der Waals surface area (Å²) in [6.07, 6.45) is 1.32. The molecule has 2 heterocycles. The van der Waals surface area contributed by atoms with E-state index in [4.69, 9.17) is 10.00 Å². The molecule has 2 aliphatic rings. The van der Waals surface area contributed by atoms with Crippen molar-refractivity contribution < 1.29 is 14.3 Å². The highest BCUT2D eigenvalue weighted by molar-refractivity contribution is 6.01. The Labute approximate surface area is 151 Å². The van der Waals surface area contributed by atoms with Crippen molar-refractivity contribution in [2.45, 2.75) is 26.4 Å². The molecule has 1 aromatic carbocycles. The predicted molar refractivity (Wildman–Crippen MR) is 93.6 cm³/mol. The number of amidine groups is 1. The standard InChI is InChI=1S/C18H19N5O3/c1-12(2)20-16(24)15-11-26-18-21-17(25)22(6-7-23(15)18)10-14-5-3-4-13(8-14)9-19/h3-5,8,11-12H,6-7,10H2,1-2H3,(H,20,24). The second kappa shape index (κ2) is 7.27. The maximum Gasteiger partial charge on any atom is 0.348 e. The van der Waals surface area contributed by atoms with E-state index in [0.717, 1.165) is 5.56 Å². The molecule has 1 N–H and O–H groups in total. The third kappa shape index (κ3) is 3.67. The Kier molecular flexibility index (Phi) is 4.89. The number of carbonyl (C=O) groups excluding carboxylic acids is 2. The van der Waals surface area contributed by atoms with Gasteiger partial charge in [0.05, 0.1) is 11.6 Å². The zero-order chi connectivity index (χ0) is 18.7. The largest absolute Gasteiger partial charge is 0.431 e. The fourth-order valence-electron chi connectivity index (χ4n) is 2.73. The van der Waals surface area contributed by atoms with Gasteiger partial charge < -0.3 is 15.0 Å². The van der Waals surface area contributed by atoms with Crippen LogP contribution in [0.25, 0.3) is 0 Å². The molecular formula is C18H19N5O3. The number of nitrogens with one attached hydrogen (secondary N) is 1. The van der Waals surface area contributed by atoms with E-state index >= 15 is 0 Å². The smallest absolute Gasteiger partial charge is 0.348 e. The molecule has 8 heteroatoms. The van der Waals surface area contributed by atoms with Crippen LogP contribution in [0.2, 0.25) is 0 Å². The van der Waals surface area contributed by atoms with Crippen molar-refractivity contribution in [1.82, 2.24) is 15.1 Å². The average Bonchev–Trinajstić information content (AvgIpc) is 2.94. The summed E-state index contributed by atoms with van der Waals surface area (Å²) in [6.45, 7) is 4.83. The van der Waals surface area contributed by atoms with Gasteiger partial charge in [-0.25, -0.2) is 4.79 Å². The van der Waals surface area contributed by atoms with Gasteiger partial charge in [0.15, 0.2) is 0 Å². The van der Waals surface area contributed by atoms with Crippen molar-refractivity contribution in [3.05, 3.63) is 47.4 Å². The molecular weight excluding hydrogens is 334 g/mol. The van der Waals surface area contributed by atoms with Crippen LogP contribution in [0.5, 0.6) is 0 Å². The molecule has 134 valence electrons. The molecule has 0 saturated carbocycles. The second-order valence-corrected chi connectivity index (χ2v) is 6.31. The highest BCUT2D eigenvalue weighted by Crippen LogP contribution is 2.20. The molecule has 2 aliphatic heterocycles. The maximum atomic E-state index is 12.4. The number of benzene rings is 1. The molecule has 0 atom stereocenters. The number of nitrogens with zero attached hydrogens (tertiary/aromatic N) is 4. The normalized spacial score (nSPS) is 16.3. The van der Waals surface area contributed by atoms with Crippen LogP contribution in [-0.2, 0) is 16.1 Å². The molecule has 3 amide bonds. The molecule has 0 unspecified atom stereocenters. The second-order valence-electron chi connectivity index (χ2n) is 6.31. The Balaban J connectivity index is 1.73. The Morgan fingerprint density at radius 3 is 2.96 bits per heavy atom. The number of amides is 3. The minimum absolute atomic E-state index is 0.0121. The molecule has 0 bridgehead atoms. The number of urea groups is 1. The number of rotatable bonds is 4. The lowest BCUT2D eigenvalue weighted by molar-refractivity contribution is -0.119. The van der Waals surface area contributed by atoms with Gasteiger partial charge in [0.2, 0.25) is 0 Å². The average molecular weight is 353 g/mol. The Morgan fingerprint density at radius 2 is 2.23 bits per heavy atom. The van der Waals surface area contributed by atoms with Crippen LogP contribution in [0.1, 0.15) is 25.0 Å². The predicted octanol–water partition coefficient (Wildman–Crippen LogP) is 1.55. The minimum atomic E-state index is -0.441. The summed E-state index contributed by atoms with van der Waals surface area (Å²) in [5.41, 5.74) is 1.71. The lowest BCUT2D eigenvalue weighted by atomic mass is 10.1. The fourth-order valence-corrected chi connectivity index (χ4v) is 2.73. The molecule has 0 fully saturated rings. The van der Waals surface area contributed by atoms with Crippen molar-refractivity contribution in [3.63, 3.8) is 0 Å². The highest BCUT2D eigenvalue weighted by Gasteiger charge is 2.33. The van der Waals surface area contributed by atoms with Gasteiger partial charge in [0.1, 0.15) is 12.0 Å². The summed E-state index contributed by atoms with van der Waals surface area (Å²) in [4.78, 5) is 31.8. The minimum Gasteiger partial charge on any atom is -0.431 e. The van der Waals surface area contributed by atoms with Gasteiger partial charge in [-0.3, -0.25) is 9.69 Å². The third-order valence-corrected chi connectivity index (χ3v) is 3.93. The Hall–Kier alpha value is -3.34. The summed E-state index contributed by atoms with van der Waals surface area (Å²) in [6, 6.07) is 8.82. The molecule has 1 aromatic rings. The van der Waals surface area contributed by atoms with Crippen LogP contribution in [0, 0.1) is 11.3 Å². The number of carbonyl (C=O) groups is 2. The number of ether oxygens (including phenoxy) is 1. The molecule has 3 rings (SSSR count). The zero-order valence-electron chi connectivity index (χ0n) is 14.6. The molecule has 0 spiro atoms. The lowest BCUT2D eigenvalue weighted by Gasteiger charge is -2.21. The van der Waals surface area contributed by atoms with Crippen LogP contribution >= 0.6 is 0 Å². The molecule has 0 saturated heterocycles. The summed E-state index contributed by atoms with van der Waals surface area (Å²) in [7, 11) is 0. The van der Waals surface area contributed by atoms with Crippen molar-refractivity contribution >= 4 is 18.0 Å². The van der Waals surface area contributed by atoms with Crippen molar-refractivity contribution in [2.24, 2.45) is 4.99 Å². The molecule has 0 aliphatic carbocycles. The van der Waals surface area contributed by atoms with Crippen molar-refractivity contribution in [2.75, 3.05) is 13.1 Å². The van der Waals surface area contributed by atoms with Gasteiger partial charge in [0.25, 0.3) is 5.91 Å². The van der Waals surface area contributed by atoms with E-state index in [1.165, 1.54) is 6.26 Å². The van der Waals surface area contributed by atoms with Gasteiger partial charge in [-0.1, -0.05) is 12.1 Å². The highest BCUT2D eigenvalue weighted by atomic mass is 16.5.